The standard InChI is InChI=1S/C18H12N4O2/c23-18(24)16-17(13-7-4-10-19-11-13)22(21-20-16)15-9-3-6-12-5-1-2-8-14(12)15/h1-11H,(H,23,24). The Morgan fingerprint density at radius 1 is 1.00 bits per heavy atom. The van der Waals surface area contributed by atoms with E-state index >= 15 is 0 Å². The van der Waals surface area contributed by atoms with Crippen LogP contribution in [-0.4, -0.2) is 31.1 Å². The minimum absolute atomic E-state index is 0.101. The lowest BCUT2D eigenvalue weighted by atomic mass is 10.1. The van der Waals surface area contributed by atoms with E-state index in [0.717, 1.165) is 16.5 Å². The predicted molar refractivity (Wildman–Crippen MR) is 89.1 cm³/mol. The van der Waals surface area contributed by atoms with Crippen LogP contribution in [0.1, 0.15) is 10.5 Å². The normalized spacial score (nSPS) is 10.8. The zero-order valence-electron chi connectivity index (χ0n) is 12.5. The fourth-order valence-corrected chi connectivity index (χ4v) is 2.75. The molecule has 4 aromatic rings. The first kappa shape index (κ1) is 14.1. The van der Waals surface area contributed by atoms with Crippen molar-refractivity contribution in [2.24, 2.45) is 0 Å². The molecule has 0 bridgehead atoms. The summed E-state index contributed by atoms with van der Waals surface area (Å²) >= 11 is 0. The number of aromatic carboxylic acids is 1. The summed E-state index contributed by atoms with van der Waals surface area (Å²) in [7, 11) is 0. The van der Waals surface area contributed by atoms with Crippen LogP contribution in [0.5, 0.6) is 0 Å². The zero-order chi connectivity index (χ0) is 16.5. The van der Waals surface area contributed by atoms with Crippen LogP contribution in [0, 0.1) is 0 Å². The molecule has 0 spiro atoms. The number of rotatable bonds is 3. The molecule has 0 aliphatic rings. The highest BCUT2D eigenvalue weighted by molar-refractivity contribution is 5.95. The third kappa shape index (κ3) is 2.21. The summed E-state index contributed by atoms with van der Waals surface area (Å²) < 4.78 is 1.56. The number of carboxylic acids is 1. The maximum atomic E-state index is 11.6. The van der Waals surface area contributed by atoms with Gasteiger partial charge >= 0.3 is 5.97 Å². The highest BCUT2D eigenvalue weighted by Crippen LogP contribution is 2.28. The zero-order valence-corrected chi connectivity index (χ0v) is 12.5. The van der Waals surface area contributed by atoms with Crippen molar-refractivity contribution in [3.8, 4) is 16.9 Å². The van der Waals surface area contributed by atoms with Gasteiger partial charge in [0.15, 0.2) is 5.69 Å². The van der Waals surface area contributed by atoms with E-state index < -0.39 is 5.97 Å². The molecule has 0 atom stereocenters. The van der Waals surface area contributed by atoms with E-state index in [0.29, 0.717) is 11.3 Å². The van der Waals surface area contributed by atoms with Gasteiger partial charge in [0.2, 0.25) is 0 Å². The third-order valence-electron chi connectivity index (χ3n) is 3.80. The number of carboxylic acid groups (broad SMARTS) is 1. The van der Waals surface area contributed by atoms with Crippen molar-refractivity contribution in [1.29, 1.82) is 0 Å². The molecule has 24 heavy (non-hydrogen) atoms. The van der Waals surface area contributed by atoms with Gasteiger partial charge in [-0.05, 0) is 23.6 Å². The number of nitrogens with zero attached hydrogens (tertiary/aromatic N) is 4. The molecule has 0 fully saturated rings. The van der Waals surface area contributed by atoms with Crippen molar-refractivity contribution in [1.82, 2.24) is 20.0 Å². The van der Waals surface area contributed by atoms with Crippen LogP contribution in [0.3, 0.4) is 0 Å². The van der Waals surface area contributed by atoms with E-state index in [-0.39, 0.29) is 5.69 Å². The molecule has 0 amide bonds. The molecule has 2 aromatic heterocycles. The number of hydrogen-bond donors (Lipinski definition) is 1. The second kappa shape index (κ2) is 5.58. The Balaban J connectivity index is 2.04. The van der Waals surface area contributed by atoms with Gasteiger partial charge in [0.05, 0.1) is 5.69 Å². The van der Waals surface area contributed by atoms with Gasteiger partial charge in [0.25, 0.3) is 0 Å². The summed E-state index contributed by atoms with van der Waals surface area (Å²) in [5.41, 5.74) is 1.72. The highest BCUT2D eigenvalue weighted by Gasteiger charge is 2.22. The predicted octanol–water partition coefficient (Wildman–Crippen LogP) is 3.18. The lowest BCUT2D eigenvalue weighted by Crippen LogP contribution is -2.04. The largest absolute Gasteiger partial charge is 0.476 e. The van der Waals surface area contributed by atoms with Gasteiger partial charge in [-0.3, -0.25) is 4.98 Å². The number of carbonyl (C=O) groups is 1. The van der Waals surface area contributed by atoms with Crippen LogP contribution in [0.15, 0.2) is 67.0 Å². The van der Waals surface area contributed by atoms with Crippen molar-refractivity contribution in [3.05, 3.63) is 72.7 Å². The molecule has 1 N–H and O–H groups in total. The molecule has 116 valence electrons. The molecule has 0 saturated carbocycles. The maximum absolute atomic E-state index is 11.6. The minimum Gasteiger partial charge on any atom is -0.476 e. The van der Waals surface area contributed by atoms with Gasteiger partial charge in [0.1, 0.15) is 5.69 Å². The summed E-state index contributed by atoms with van der Waals surface area (Å²) in [5.74, 6) is -1.12. The molecule has 0 aliphatic heterocycles. The Kier molecular flexibility index (Phi) is 3.28. The molecule has 6 nitrogen and oxygen atoms in total. The second-order valence-electron chi connectivity index (χ2n) is 5.24. The van der Waals surface area contributed by atoms with Crippen LogP contribution in [0.4, 0.5) is 0 Å². The fourth-order valence-electron chi connectivity index (χ4n) is 2.75. The van der Waals surface area contributed by atoms with Crippen LogP contribution >= 0.6 is 0 Å². The Morgan fingerprint density at radius 3 is 2.62 bits per heavy atom. The van der Waals surface area contributed by atoms with Crippen LogP contribution in [0.2, 0.25) is 0 Å². The number of fused-ring (bicyclic) bond motifs is 1. The number of hydrogen-bond acceptors (Lipinski definition) is 4. The van der Waals surface area contributed by atoms with Gasteiger partial charge in [-0.25, -0.2) is 9.48 Å². The quantitative estimate of drug-likeness (QED) is 0.628. The van der Waals surface area contributed by atoms with E-state index in [4.69, 9.17) is 0 Å². The van der Waals surface area contributed by atoms with Gasteiger partial charge in [-0.2, -0.15) is 0 Å². The average molecular weight is 316 g/mol. The van der Waals surface area contributed by atoms with Gasteiger partial charge < -0.3 is 5.11 Å². The first-order chi connectivity index (χ1) is 11.8. The van der Waals surface area contributed by atoms with Gasteiger partial charge in [-0.15, -0.1) is 5.10 Å². The Morgan fingerprint density at radius 2 is 1.83 bits per heavy atom. The van der Waals surface area contributed by atoms with Crippen LogP contribution in [0.25, 0.3) is 27.7 Å². The summed E-state index contributed by atoms with van der Waals surface area (Å²) in [4.78, 5) is 15.6. The second-order valence-corrected chi connectivity index (χ2v) is 5.24. The monoisotopic (exact) mass is 316 g/mol. The van der Waals surface area contributed by atoms with Gasteiger partial charge in [-0.1, -0.05) is 41.6 Å². The lowest BCUT2D eigenvalue weighted by molar-refractivity contribution is 0.0691. The minimum atomic E-state index is -1.12. The van der Waals surface area contributed by atoms with E-state index in [9.17, 15) is 9.90 Å². The topological polar surface area (TPSA) is 80.9 Å². The summed E-state index contributed by atoms with van der Waals surface area (Å²) in [5, 5.41) is 19.4. The first-order valence-corrected chi connectivity index (χ1v) is 7.33. The number of benzene rings is 2. The van der Waals surface area contributed by atoms with Crippen molar-refractivity contribution >= 4 is 16.7 Å². The molecule has 4 rings (SSSR count). The van der Waals surface area contributed by atoms with Crippen LogP contribution in [-0.2, 0) is 0 Å². The third-order valence-corrected chi connectivity index (χ3v) is 3.80. The van der Waals surface area contributed by atoms with Crippen molar-refractivity contribution in [2.45, 2.75) is 0 Å². The molecule has 0 unspecified atom stereocenters. The Bertz CT molecular complexity index is 1040. The van der Waals surface area contributed by atoms with E-state index in [1.54, 1.807) is 29.2 Å². The molecule has 2 aromatic carbocycles. The molecule has 0 radical (unpaired) electrons. The SMILES string of the molecule is O=C(O)c1nnn(-c2cccc3ccccc23)c1-c1cccnc1. The van der Waals surface area contributed by atoms with Crippen LogP contribution < -0.4 is 0 Å². The number of aromatic nitrogens is 4. The van der Waals surface area contributed by atoms with Crippen molar-refractivity contribution in [2.75, 3.05) is 0 Å². The molecule has 0 saturated heterocycles. The summed E-state index contributed by atoms with van der Waals surface area (Å²) in [6.07, 6.45) is 3.24. The van der Waals surface area contributed by atoms with Crippen molar-refractivity contribution < 1.29 is 9.90 Å². The molecule has 2 heterocycles. The molecule has 6 heteroatoms. The summed E-state index contributed by atoms with van der Waals surface area (Å²) in [6, 6.07) is 17.2. The smallest absolute Gasteiger partial charge is 0.358 e. The number of pyridine rings is 1. The molecule has 0 aliphatic carbocycles. The summed E-state index contributed by atoms with van der Waals surface area (Å²) in [6.45, 7) is 0. The van der Waals surface area contributed by atoms with Gasteiger partial charge in [0, 0.05) is 23.3 Å². The van der Waals surface area contributed by atoms with Crippen molar-refractivity contribution in [3.63, 3.8) is 0 Å². The first-order valence-electron chi connectivity index (χ1n) is 7.33. The van der Waals surface area contributed by atoms with E-state index in [1.807, 2.05) is 42.5 Å². The fraction of sp³-hybridized carbons (Fsp3) is 0. The lowest BCUT2D eigenvalue weighted by Gasteiger charge is -2.10. The molecular formula is C18H12N4O2. The molecular weight excluding hydrogens is 304 g/mol. The highest BCUT2D eigenvalue weighted by atomic mass is 16.4. The maximum Gasteiger partial charge on any atom is 0.358 e. The van der Waals surface area contributed by atoms with E-state index in [1.165, 1.54) is 0 Å². The Labute approximate surface area is 137 Å². The Hall–Kier alpha value is -3.54. The average Bonchev–Trinajstić information content (AvgIpc) is 3.07. The van der Waals surface area contributed by atoms with E-state index in [2.05, 4.69) is 15.3 Å².